The molecule has 0 aliphatic carbocycles. The van der Waals surface area contributed by atoms with Crippen LogP contribution in [-0.4, -0.2) is 53.5 Å². The summed E-state index contributed by atoms with van der Waals surface area (Å²) in [5, 5.41) is 5.57. The lowest BCUT2D eigenvalue weighted by molar-refractivity contribution is -0.147. The zero-order chi connectivity index (χ0) is 21.6. The third-order valence-electron chi connectivity index (χ3n) is 4.97. The summed E-state index contributed by atoms with van der Waals surface area (Å²) in [6.45, 7) is 6.97. The first-order valence-corrected chi connectivity index (χ1v) is 11.3. The van der Waals surface area contributed by atoms with Gasteiger partial charge in [-0.15, -0.1) is 0 Å². The number of hydrogen-bond acceptors (Lipinski definition) is 5. The Labute approximate surface area is 180 Å². The standard InChI is InChI=1S/C21H37N3O4S/c1-4-5-6-7-8-9-10-11-14-28-18(25)15-17-20(27)22-12-13-24(17)21(29)23-19(26)16(2)3/h16-17H,4-15H2,1-3H3,(H,22,27)(H,23,26,29). The van der Waals surface area contributed by atoms with Crippen molar-refractivity contribution in [2.75, 3.05) is 19.7 Å². The molecular weight excluding hydrogens is 390 g/mol. The molecule has 0 aromatic heterocycles. The molecule has 0 radical (unpaired) electrons. The van der Waals surface area contributed by atoms with Crippen LogP contribution in [0.25, 0.3) is 0 Å². The molecule has 0 aromatic carbocycles. The largest absolute Gasteiger partial charge is 0.466 e. The van der Waals surface area contributed by atoms with Gasteiger partial charge in [0.1, 0.15) is 6.04 Å². The van der Waals surface area contributed by atoms with E-state index in [1.54, 1.807) is 18.7 Å². The maximum absolute atomic E-state index is 12.3. The summed E-state index contributed by atoms with van der Waals surface area (Å²) in [5.41, 5.74) is 0. The van der Waals surface area contributed by atoms with Crippen molar-refractivity contribution in [3.63, 3.8) is 0 Å². The van der Waals surface area contributed by atoms with E-state index in [1.165, 1.54) is 32.1 Å². The Bertz CT molecular complexity index is 554. The molecule has 1 atom stereocenters. The van der Waals surface area contributed by atoms with Crippen molar-refractivity contribution in [3.8, 4) is 0 Å². The number of carbonyl (C=O) groups is 3. The molecule has 8 heteroatoms. The number of ether oxygens (including phenoxy) is 1. The van der Waals surface area contributed by atoms with E-state index in [9.17, 15) is 14.4 Å². The summed E-state index contributed by atoms with van der Waals surface area (Å²) in [5.74, 6) is -1.13. The zero-order valence-electron chi connectivity index (χ0n) is 18.1. The lowest BCUT2D eigenvalue weighted by atomic mass is 10.1. The molecule has 1 fully saturated rings. The molecular formula is C21H37N3O4S. The van der Waals surface area contributed by atoms with Gasteiger partial charge in [0.15, 0.2) is 5.11 Å². The fourth-order valence-corrected chi connectivity index (χ4v) is 3.44. The Morgan fingerprint density at radius 2 is 1.79 bits per heavy atom. The average Bonchev–Trinajstić information content (AvgIpc) is 2.68. The molecule has 1 aliphatic rings. The van der Waals surface area contributed by atoms with E-state index in [4.69, 9.17) is 17.0 Å². The minimum absolute atomic E-state index is 0.0828. The van der Waals surface area contributed by atoms with Gasteiger partial charge in [-0.2, -0.15) is 0 Å². The smallest absolute Gasteiger partial charge is 0.308 e. The summed E-state index contributed by atoms with van der Waals surface area (Å²) in [4.78, 5) is 38.0. The average molecular weight is 428 g/mol. The lowest BCUT2D eigenvalue weighted by Crippen LogP contribution is -2.60. The number of nitrogens with zero attached hydrogens (tertiary/aromatic N) is 1. The highest BCUT2D eigenvalue weighted by Crippen LogP contribution is 2.12. The number of rotatable bonds is 12. The minimum Gasteiger partial charge on any atom is -0.466 e. The molecule has 166 valence electrons. The van der Waals surface area contributed by atoms with Gasteiger partial charge in [0, 0.05) is 19.0 Å². The topological polar surface area (TPSA) is 87.7 Å². The molecule has 1 rings (SSSR count). The molecule has 1 aliphatic heterocycles. The fourth-order valence-electron chi connectivity index (χ4n) is 3.12. The maximum atomic E-state index is 12.3. The van der Waals surface area contributed by atoms with Crippen LogP contribution >= 0.6 is 12.2 Å². The molecule has 0 spiro atoms. The number of nitrogens with one attached hydrogen (secondary N) is 2. The normalized spacial score (nSPS) is 16.5. The number of hydrogen-bond donors (Lipinski definition) is 2. The quantitative estimate of drug-likeness (QED) is 0.283. The first-order chi connectivity index (χ1) is 13.9. The Hall–Kier alpha value is -1.70. The Morgan fingerprint density at radius 3 is 2.41 bits per heavy atom. The summed E-state index contributed by atoms with van der Waals surface area (Å²) >= 11 is 5.29. The van der Waals surface area contributed by atoms with Gasteiger partial charge in [-0.05, 0) is 18.6 Å². The van der Waals surface area contributed by atoms with Gasteiger partial charge in [-0.25, -0.2) is 0 Å². The van der Waals surface area contributed by atoms with Crippen LogP contribution in [0.3, 0.4) is 0 Å². The Morgan fingerprint density at radius 1 is 1.17 bits per heavy atom. The Kier molecular flexibility index (Phi) is 12.5. The molecule has 0 bridgehead atoms. The molecule has 1 heterocycles. The maximum Gasteiger partial charge on any atom is 0.308 e. The van der Waals surface area contributed by atoms with Gasteiger partial charge in [-0.1, -0.05) is 65.7 Å². The highest BCUT2D eigenvalue weighted by Gasteiger charge is 2.34. The number of esters is 1. The molecule has 2 N–H and O–H groups in total. The van der Waals surface area contributed by atoms with Gasteiger partial charge >= 0.3 is 5.97 Å². The molecule has 29 heavy (non-hydrogen) atoms. The van der Waals surface area contributed by atoms with E-state index < -0.39 is 12.0 Å². The van der Waals surface area contributed by atoms with E-state index in [0.29, 0.717) is 19.7 Å². The molecule has 2 amide bonds. The Balaban J connectivity index is 2.35. The first-order valence-electron chi connectivity index (χ1n) is 10.9. The second-order valence-electron chi connectivity index (χ2n) is 7.85. The number of thiocarbonyl (C=S) groups is 1. The van der Waals surface area contributed by atoms with Crippen LogP contribution in [0.2, 0.25) is 0 Å². The van der Waals surface area contributed by atoms with Crippen LogP contribution in [0.1, 0.15) is 78.6 Å². The monoisotopic (exact) mass is 427 g/mol. The van der Waals surface area contributed by atoms with Crippen molar-refractivity contribution in [3.05, 3.63) is 0 Å². The van der Waals surface area contributed by atoms with Crippen LogP contribution in [-0.2, 0) is 19.1 Å². The van der Waals surface area contributed by atoms with Gasteiger partial charge in [-0.3, -0.25) is 14.4 Å². The summed E-state index contributed by atoms with van der Waals surface area (Å²) in [6.07, 6.45) is 9.30. The second-order valence-corrected chi connectivity index (χ2v) is 8.24. The summed E-state index contributed by atoms with van der Waals surface area (Å²) < 4.78 is 5.31. The van der Waals surface area contributed by atoms with Gasteiger partial charge < -0.3 is 20.3 Å². The first kappa shape index (κ1) is 25.3. The van der Waals surface area contributed by atoms with Crippen molar-refractivity contribution < 1.29 is 19.1 Å². The molecule has 0 saturated carbocycles. The third-order valence-corrected chi connectivity index (χ3v) is 5.30. The van der Waals surface area contributed by atoms with Crippen LogP contribution in [0.5, 0.6) is 0 Å². The van der Waals surface area contributed by atoms with Crippen LogP contribution < -0.4 is 10.6 Å². The van der Waals surface area contributed by atoms with Crippen molar-refractivity contribution >= 4 is 35.1 Å². The van der Waals surface area contributed by atoms with Crippen LogP contribution in [0.4, 0.5) is 0 Å². The van der Waals surface area contributed by atoms with Gasteiger partial charge in [0.25, 0.3) is 0 Å². The highest BCUT2D eigenvalue weighted by molar-refractivity contribution is 7.80. The number of amides is 2. The SMILES string of the molecule is CCCCCCCCCCOC(=O)CC1C(=O)NCCN1C(=S)NC(=O)C(C)C. The summed E-state index contributed by atoms with van der Waals surface area (Å²) in [7, 11) is 0. The predicted octanol–water partition coefficient (Wildman–Crippen LogP) is 2.92. The highest BCUT2D eigenvalue weighted by atomic mass is 32.1. The van der Waals surface area contributed by atoms with Crippen LogP contribution in [0, 0.1) is 5.92 Å². The molecule has 0 aromatic rings. The fraction of sp³-hybridized carbons (Fsp3) is 0.810. The van der Waals surface area contributed by atoms with E-state index in [2.05, 4.69) is 17.6 Å². The third kappa shape index (κ3) is 10.1. The van der Waals surface area contributed by atoms with Crippen LogP contribution in [0.15, 0.2) is 0 Å². The molecule has 1 saturated heterocycles. The van der Waals surface area contributed by atoms with Crippen molar-refractivity contribution in [2.24, 2.45) is 5.92 Å². The van der Waals surface area contributed by atoms with Gasteiger partial charge in [0.2, 0.25) is 11.8 Å². The van der Waals surface area contributed by atoms with E-state index in [-0.39, 0.29) is 29.3 Å². The number of piperazine rings is 1. The molecule has 7 nitrogen and oxygen atoms in total. The number of carbonyl (C=O) groups excluding carboxylic acids is 3. The predicted molar refractivity (Wildman–Crippen MR) is 117 cm³/mol. The number of unbranched alkanes of at least 4 members (excludes halogenated alkanes) is 7. The zero-order valence-corrected chi connectivity index (χ0v) is 18.9. The van der Waals surface area contributed by atoms with Crippen molar-refractivity contribution in [1.82, 2.24) is 15.5 Å². The summed E-state index contributed by atoms with van der Waals surface area (Å²) in [6, 6.07) is -0.755. The van der Waals surface area contributed by atoms with E-state index in [0.717, 1.165) is 19.3 Å². The van der Waals surface area contributed by atoms with Gasteiger partial charge in [0.05, 0.1) is 13.0 Å². The van der Waals surface area contributed by atoms with E-state index in [1.807, 2.05) is 0 Å². The second kappa shape index (κ2) is 14.3. The van der Waals surface area contributed by atoms with E-state index >= 15 is 0 Å². The van der Waals surface area contributed by atoms with Crippen molar-refractivity contribution in [2.45, 2.75) is 84.6 Å². The molecule has 1 unspecified atom stereocenters. The minimum atomic E-state index is -0.755. The van der Waals surface area contributed by atoms with Crippen molar-refractivity contribution in [1.29, 1.82) is 0 Å². The lowest BCUT2D eigenvalue weighted by Gasteiger charge is -2.36.